The summed E-state index contributed by atoms with van der Waals surface area (Å²) in [5.41, 5.74) is 1.55. The number of nitrogens with one attached hydrogen (secondary N) is 1. The van der Waals surface area contributed by atoms with Gasteiger partial charge in [0.15, 0.2) is 0 Å². The van der Waals surface area contributed by atoms with Crippen molar-refractivity contribution in [2.45, 2.75) is 19.9 Å². The van der Waals surface area contributed by atoms with Crippen molar-refractivity contribution in [3.63, 3.8) is 0 Å². The van der Waals surface area contributed by atoms with Crippen LogP contribution in [-0.2, 0) is 4.74 Å². The number of ether oxygens (including phenoxy) is 2. The molecule has 0 amide bonds. The van der Waals surface area contributed by atoms with E-state index >= 15 is 0 Å². The molecule has 0 fully saturated rings. The fourth-order valence-electron chi connectivity index (χ4n) is 2.15. The van der Waals surface area contributed by atoms with Crippen LogP contribution in [0.4, 0.5) is 16.0 Å². The van der Waals surface area contributed by atoms with Crippen molar-refractivity contribution in [1.29, 1.82) is 0 Å². The van der Waals surface area contributed by atoms with Crippen molar-refractivity contribution < 1.29 is 13.9 Å². The Balaban J connectivity index is 2.31. The molecule has 1 unspecified atom stereocenters. The van der Waals surface area contributed by atoms with Crippen LogP contribution < -0.4 is 10.1 Å². The van der Waals surface area contributed by atoms with Crippen molar-refractivity contribution >= 4 is 11.6 Å². The fraction of sp³-hybridized carbons (Fsp3) is 0.400. The van der Waals surface area contributed by atoms with Crippen molar-refractivity contribution in [2.24, 2.45) is 0 Å². The molecule has 0 aliphatic carbocycles. The van der Waals surface area contributed by atoms with E-state index in [2.05, 4.69) is 10.3 Å². The lowest BCUT2D eigenvalue weighted by Crippen LogP contribution is -2.13. The number of aromatic nitrogens is 2. The zero-order valence-corrected chi connectivity index (χ0v) is 12.7. The van der Waals surface area contributed by atoms with Gasteiger partial charge in [0, 0.05) is 19.4 Å². The van der Waals surface area contributed by atoms with Crippen LogP contribution in [0.15, 0.2) is 24.4 Å². The van der Waals surface area contributed by atoms with E-state index in [4.69, 9.17) is 9.47 Å². The minimum Gasteiger partial charge on any atom is -0.494 e. The van der Waals surface area contributed by atoms with Gasteiger partial charge < -0.3 is 19.4 Å². The lowest BCUT2D eigenvalue weighted by molar-refractivity contribution is 0.163. The van der Waals surface area contributed by atoms with Gasteiger partial charge in [0.25, 0.3) is 0 Å². The molecule has 0 aliphatic heterocycles. The molecule has 0 bridgehead atoms. The molecule has 6 heteroatoms. The third kappa shape index (κ3) is 3.52. The average Bonchev–Trinajstić information content (AvgIpc) is 2.82. The number of hydrogen-bond acceptors (Lipinski definition) is 4. The van der Waals surface area contributed by atoms with Crippen LogP contribution in [0.1, 0.15) is 18.7 Å². The molecule has 0 radical (unpaired) electrons. The summed E-state index contributed by atoms with van der Waals surface area (Å²) in [5, 5.41) is 3.18. The van der Waals surface area contributed by atoms with E-state index in [9.17, 15) is 4.39 Å². The van der Waals surface area contributed by atoms with Gasteiger partial charge in [-0.3, -0.25) is 0 Å². The second kappa shape index (κ2) is 6.58. The fourth-order valence-corrected chi connectivity index (χ4v) is 2.15. The summed E-state index contributed by atoms with van der Waals surface area (Å²) in [6, 6.07) is 4.47. The van der Waals surface area contributed by atoms with E-state index in [1.165, 1.54) is 19.2 Å². The maximum absolute atomic E-state index is 13.2. The standard InChI is InChI=1S/C15H20FN3O2/c1-10-8-19(11(2)9-20-3)15(17-10)18-13-6-5-12(16)7-14(13)21-4/h5-8,11H,9H2,1-4H3,(H,17,18). The van der Waals surface area contributed by atoms with E-state index in [1.54, 1.807) is 13.2 Å². The first-order valence-corrected chi connectivity index (χ1v) is 6.70. The topological polar surface area (TPSA) is 48.3 Å². The number of aryl methyl sites for hydroxylation is 1. The van der Waals surface area contributed by atoms with Gasteiger partial charge in [-0.05, 0) is 26.0 Å². The summed E-state index contributed by atoms with van der Waals surface area (Å²) in [6.45, 7) is 4.53. The SMILES string of the molecule is COCC(C)n1cc(C)nc1Nc1ccc(F)cc1OC. The van der Waals surface area contributed by atoms with Crippen molar-refractivity contribution in [3.8, 4) is 5.75 Å². The van der Waals surface area contributed by atoms with Gasteiger partial charge in [-0.1, -0.05) is 0 Å². The number of methoxy groups -OCH3 is 2. The highest BCUT2D eigenvalue weighted by Crippen LogP contribution is 2.29. The Morgan fingerprint density at radius 1 is 1.38 bits per heavy atom. The highest BCUT2D eigenvalue weighted by Gasteiger charge is 2.14. The predicted octanol–water partition coefficient (Wildman–Crippen LogP) is 3.29. The van der Waals surface area contributed by atoms with E-state index in [0.29, 0.717) is 24.0 Å². The second-order valence-corrected chi connectivity index (χ2v) is 4.89. The Morgan fingerprint density at radius 3 is 2.81 bits per heavy atom. The first-order chi connectivity index (χ1) is 10.0. The molecule has 0 aliphatic rings. The Hall–Kier alpha value is -2.08. The monoisotopic (exact) mass is 293 g/mol. The molecule has 1 heterocycles. The van der Waals surface area contributed by atoms with Crippen molar-refractivity contribution in [2.75, 3.05) is 26.1 Å². The first kappa shape index (κ1) is 15.3. The van der Waals surface area contributed by atoms with Crippen LogP contribution in [0.5, 0.6) is 5.75 Å². The summed E-state index contributed by atoms with van der Waals surface area (Å²) in [7, 11) is 3.17. The minimum absolute atomic E-state index is 0.130. The predicted molar refractivity (Wildman–Crippen MR) is 79.8 cm³/mol. The zero-order chi connectivity index (χ0) is 15.4. The molecule has 2 rings (SSSR count). The summed E-state index contributed by atoms with van der Waals surface area (Å²) in [5.74, 6) is 0.758. The molecule has 1 aromatic carbocycles. The number of rotatable bonds is 6. The molecule has 0 saturated carbocycles. The summed E-state index contributed by atoms with van der Waals surface area (Å²) in [6.07, 6.45) is 1.95. The normalized spacial score (nSPS) is 12.2. The highest BCUT2D eigenvalue weighted by atomic mass is 19.1. The first-order valence-electron chi connectivity index (χ1n) is 6.70. The summed E-state index contributed by atoms with van der Waals surface area (Å²) in [4.78, 5) is 4.45. The Kier molecular flexibility index (Phi) is 4.80. The molecule has 1 aromatic heterocycles. The molecule has 114 valence electrons. The third-order valence-electron chi connectivity index (χ3n) is 3.15. The molecule has 0 saturated heterocycles. The molecule has 21 heavy (non-hydrogen) atoms. The lowest BCUT2D eigenvalue weighted by atomic mass is 10.3. The zero-order valence-electron chi connectivity index (χ0n) is 12.7. The highest BCUT2D eigenvalue weighted by molar-refractivity contribution is 5.63. The Bertz CT molecular complexity index is 613. The molecule has 1 atom stereocenters. The van der Waals surface area contributed by atoms with Crippen LogP contribution in [-0.4, -0.2) is 30.4 Å². The molecular formula is C15H20FN3O2. The van der Waals surface area contributed by atoms with Gasteiger partial charge in [0.1, 0.15) is 11.6 Å². The van der Waals surface area contributed by atoms with Crippen LogP contribution in [0.2, 0.25) is 0 Å². The van der Waals surface area contributed by atoms with Gasteiger partial charge in [-0.25, -0.2) is 9.37 Å². The second-order valence-electron chi connectivity index (χ2n) is 4.89. The lowest BCUT2D eigenvalue weighted by Gasteiger charge is -2.17. The van der Waals surface area contributed by atoms with Crippen LogP contribution >= 0.6 is 0 Å². The number of anilines is 2. The maximum Gasteiger partial charge on any atom is 0.208 e. The van der Waals surface area contributed by atoms with E-state index < -0.39 is 0 Å². The largest absolute Gasteiger partial charge is 0.494 e. The average molecular weight is 293 g/mol. The van der Waals surface area contributed by atoms with Crippen LogP contribution in [0.25, 0.3) is 0 Å². The van der Waals surface area contributed by atoms with Gasteiger partial charge in [-0.2, -0.15) is 0 Å². The van der Waals surface area contributed by atoms with E-state index in [1.807, 2.05) is 24.6 Å². The molecule has 1 N–H and O–H groups in total. The van der Waals surface area contributed by atoms with Crippen molar-refractivity contribution in [1.82, 2.24) is 9.55 Å². The Morgan fingerprint density at radius 2 is 2.14 bits per heavy atom. The van der Waals surface area contributed by atoms with Gasteiger partial charge in [0.05, 0.1) is 31.1 Å². The molecule has 5 nitrogen and oxygen atoms in total. The smallest absolute Gasteiger partial charge is 0.208 e. The van der Waals surface area contributed by atoms with Crippen LogP contribution in [0.3, 0.4) is 0 Å². The Labute approximate surface area is 123 Å². The number of hydrogen-bond donors (Lipinski definition) is 1. The minimum atomic E-state index is -0.343. The molecule has 2 aromatic rings. The number of halogens is 1. The molecular weight excluding hydrogens is 273 g/mol. The summed E-state index contributed by atoms with van der Waals surface area (Å²) < 4.78 is 25.6. The van der Waals surface area contributed by atoms with Gasteiger partial charge >= 0.3 is 0 Å². The van der Waals surface area contributed by atoms with E-state index in [0.717, 1.165) is 5.69 Å². The third-order valence-corrected chi connectivity index (χ3v) is 3.15. The van der Waals surface area contributed by atoms with Gasteiger partial charge in [-0.15, -0.1) is 0 Å². The van der Waals surface area contributed by atoms with Gasteiger partial charge in [0.2, 0.25) is 5.95 Å². The number of benzene rings is 1. The summed E-state index contributed by atoms with van der Waals surface area (Å²) >= 11 is 0. The number of nitrogens with zero attached hydrogens (tertiary/aromatic N) is 2. The number of imidazole rings is 1. The van der Waals surface area contributed by atoms with Crippen LogP contribution in [0, 0.1) is 12.7 Å². The molecule has 0 spiro atoms. The quantitative estimate of drug-likeness (QED) is 0.888. The maximum atomic E-state index is 13.2. The van der Waals surface area contributed by atoms with Crippen molar-refractivity contribution in [3.05, 3.63) is 35.9 Å². The van der Waals surface area contributed by atoms with E-state index in [-0.39, 0.29) is 11.9 Å².